The van der Waals surface area contributed by atoms with Gasteiger partial charge in [0.15, 0.2) is 0 Å². The van der Waals surface area contributed by atoms with E-state index in [-0.39, 0.29) is 14.8 Å². The van der Waals surface area contributed by atoms with Crippen LogP contribution in [0, 0.1) is 0 Å². The fraction of sp³-hybridized carbons (Fsp3) is 1.00. The maximum atomic E-state index is 3.57. The summed E-state index contributed by atoms with van der Waals surface area (Å²) in [7, 11) is -0.177. The highest BCUT2D eigenvalue weighted by Crippen LogP contribution is 2.24. The summed E-state index contributed by atoms with van der Waals surface area (Å²) in [6.07, 6.45) is 0. The summed E-state index contributed by atoms with van der Waals surface area (Å²) in [5.74, 6) is 0. The zero-order valence-corrected chi connectivity index (χ0v) is 11.5. The van der Waals surface area contributed by atoms with E-state index in [0.29, 0.717) is 5.04 Å². The predicted molar refractivity (Wildman–Crippen MR) is 64.0 cm³/mol. The lowest BCUT2D eigenvalue weighted by atomic mass is 10.2. The van der Waals surface area contributed by atoms with E-state index in [1.807, 2.05) is 0 Å². The molecule has 0 rings (SSSR count). The van der Waals surface area contributed by atoms with E-state index in [4.69, 9.17) is 0 Å². The van der Waals surface area contributed by atoms with Crippen molar-refractivity contribution < 1.29 is 0 Å². The van der Waals surface area contributed by atoms with Crippen LogP contribution in [0.4, 0.5) is 0 Å². The molecule has 0 heterocycles. The Morgan fingerprint density at radius 2 is 1.31 bits per heavy atom. The van der Waals surface area contributed by atoms with Gasteiger partial charge >= 0.3 is 0 Å². The van der Waals surface area contributed by atoms with E-state index >= 15 is 0 Å². The first-order valence-electron chi connectivity index (χ1n) is 5.33. The fourth-order valence-corrected chi connectivity index (χ4v) is 4.90. The first-order chi connectivity index (χ1) is 5.83. The monoisotopic (exact) mass is 202 g/mol. The number of hydrogen-bond acceptors (Lipinski definition) is 2. The van der Waals surface area contributed by atoms with Gasteiger partial charge in [-0.25, -0.2) is 0 Å². The first kappa shape index (κ1) is 13.1. The Labute approximate surface area is 85.7 Å². The molecule has 13 heavy (non-hydrogen) atoms. The SMILES string of the molecule is CCNC(C)(NCC)[SiH2]C(C)(C)C. The molecule has 0 aliphatic heterocycles. The van der Waals surface area contributed by atoms with Gasteiger partial charge in [-0.1, -0.05) is 34.6 Å². The highest BCUT2D eigenvalue weighted by Gasteiger charge is 2.28. The summed E-state index contributed by atoms with van der Waals surface area (Å²) in [6, 6.07) is 0. The molecule has 0 atom stereocenters. The van der Waals surface area contributed by atoms with E-state index in [0.717, 1.165) is 13.1 Å². The van der Waals surface area contributed by atoms with Gasteiger partial charge in [0.2, 0.25) is 0 Å². The molecule has 0 amide bonds. The number of nitrogens with one attached hydrogen (secondary N) is 2. The summed E-state index contributed by atoms with van der Waals surface area (Å²) in [5.41, 5.74) is 0. The molecule has 0 aliphatic rings. The third-order valence-corrected chi connectivity index (χ3v) is 4.29. The third-order valence-electron chi connectivity index (χ3n) is 2.02. The second-order valence-corrected chi connectivity index (χ2v) is 9.02. The minimum Gasteiger partial charge on any atom is -0.303 e. The maximum absolute atomic E-state index is 3.57. The van der Waals surface area contributed by atoms with Crippen molar-refractivity contribution in [2.75, 3.05) is 13.1 Å². The van der Waals surface area contributed by atoms with E-state index < -0.39 is 0 Å². The van der Waals surface area contributed by atoms with Gasteiger partial charge in [-0.05, 0) is 25.1 Å². The van der Waals surface area contributed by atoms with Crippen LogP contribution in [-0.2, 0) is 0 Å². The molecule has 0 aliphatic carbocycles. The van der Waals surface area contributed by atoms with Crippen molar-refractivity contribution in [1.29, 1.82) is 0 Å². The first-order valence-corrected chi connectivity index (χ1v) is 6.74. The largest absolute Gasteiger partial charge is 0.303 e. The minimum absolute atomic E-state index is 0.177. The second-order valence-electron chi connectivity index (χ2n) is 5.13. The quantitative estimate of drug-likeness (QED) is 0.518. The fourth-order valence-electron chi connectivity index (χ4n) is 2.03. The Morgan fingerprint density at radius 1 is 0.923 bits per heavy atom. The molecular weight excluding hydrogens is 176 g/mol. The van der Waals surface area contributed by atoms with Gasteiger partial charge in [0.1, 0.15) is 0 Å². The van der Waals surface area contributed by atoms with Crippen molar-refractivity contribution in [2.45, 2.75) is 51.9 Å². The van der Waals surface area contributed by atoms with E-state index in [1.165, 1.54) is 0 Å². The standard InChI is InChI=1S/C10H26N2Si/c1-7-11-10(6,12-8-2)13-9(3,4)5/h11-12H,7-8,13H2,1-6H3. The van der Waals surface area contributed by atoms with Crippen molar-refractivity contribution in [3.8, 4) is 0 Å². The molecule has 0 saturated heterocycles. The number of rotatable bonds is 5. The lowest BCUT2D eigenvalue weighted by Gasteiger charge is -2.36. The topological polar surface area (TPSA) is 24.1 Å². The zero-order chi connectivity index (χ0) is 10.5. The maximum Gasteiger partial charge on any atom is 0.0681 e. The summed E-state index contributed by atoms with van der Waals surface area (Å²) in [5, 5.41) is 7.86. The summed E-state index contributed by atoms with van der Waals surface area (Å²) in [4.78, 5) is 0. The van der Waals surface area contributed by atoms with Gasteiger partial charge in [0.05, 0.1) is 9.52 Å². The van der Waals surface area contributed by atoms with Crippen LogP contribution >= 0.6 is 0 Å². The van der Waals surface area contributed by atoms with Crippen LogP contribution in [0.5, 0.6) is 0 Å². The van der Waals surface area contributed by atoms with Gasteiger partial charge in [0, 0.05) is 5.29 Å². The van der Waals surface area contributed by atoms with Crippen molar-refractivity contribution in [3.05, 3.63) is 0 Å². The normalized spacial score (nSPS) is 14.3. The second kappa shape index (κ2) is 5.13. The van der Waals surface area contributed by atoms with Crippen molar-refractivity contribution in [1.82, 2.24) is 10.6 Å². The Hall–Kier alpha value is 0.137. The van der Waals surface area contributed by atoms with Crippen LogP contribution < -0.4 is 10.6 Å². The van der Waals surface area contributed by atoms with E-state index in [9.17, 15) is 0 Å². The molecule has 0 fully saturated rings. The number of hydrogen-bond donors (Lipinski definition) is 2. The summed E-state index contributed by atoms with van der Waals surface area (Å²) >= 11 is 0. The Bertz CT molecular complexity index is 134. The Balaban J connectivity index is 4.22. The Morgan fingerprint density at radius 3 is 1.54 bits per heavy atom. The van der Waals surface area contributed by atoms with Crippen LogP contribution in [0.3, 0.4) is 0 Å². The molecule has 0 aromatic carbocycles. The van der Waals surface area contributed by atoms with E-state index in [2.05, 4.69) is 52.2 Å². The molecule has 0 unspecified atom stereocenters. The molecule has 0 aromatic heterocycles. The molecule has 0 saturated carbocycles. The summed E-state index contributed by atoms with van der Waals surface area (Å²) < 4.78 is 0. The van der Waals surface area contributed by atoms with Crippen LogP contribution in [-0.4, -0.2) is 27.9 Å². The van der Waals surface area contributed by atoms with Gasteiger partial charge in [-0.2, -0.15) is 0 Å². The molecule has 2 nitrogen and oxygen atoms in total. The zero-order valence-electron chi connectivity index (χ0n) is 10.1. The predicted octanol–water partition coefficient (Wildman–Crippen LogP) is 1.27. The van der Waals surface area contributed by atoms with Crippen molar-refractivity contribution in [3.63, 3.8) is 0 Å². The van der Waals surface area contributed by atoms with Gasteiger partial charge in [-0.15, -0.1) is 0 Å². The molecule has 0 bridgehead atoms. The van der Waals surface area contributed by atoms with E-state index in [1.54, 1.807) is 0 Å². The van der Waals surface area contributed by atoms with Crippen LogP contribution in [0.2, 0.25) is 5.04 Å². The molecule has 0 spiro atoms. The van der Waals surface area contributed by atoms with Crippen LogP contribution in [0.15, 0.2) is 0 Å². The van der Waals surface area contributed by atoms with Crippen molar-refractivity contribution in [2.24, 2.45) is 0 Å². The van der Waals surface area contributed by atoms with Gasteiger partial charge < -0.3 is 10.6 Å². The minimum atomic E-state index is -0.177. The molecule has 80 valence electrons. The van der Waals surface area contributed by atoms with Gasteiger partial charge in [0.25, 0.3) is 0 Å². The van der Waals surface area contributed by atoms with Gasteiger partial charge in [-0.3, -0.25) is 0 Å². The highest BCUT2D eigenvalue weighted by atomic mass is 28.2. The third kappa shape index (κ3) is 6.24. The summed E-state index contributed by atoms with van der Waals surface area (Å²) in [6.45, 7) is 15.8. The molecule has 0 aromatic rings. The van der Waals surface area contributed by atoms with Crippen LogP contribution in [0.1, 0.15) is 41.5 Å². The molecular formula is C10H26N2Si. The lowest BCUT2D eigenvalue weighted by molar-refractivity contribution is 0.403. The Kier molecular flexibility index (Phi) is 5.18. The lowest BCUT2D eigenvalue weighted by Crippen LogP contribution is -2.60. The van der Waals surface area contributed by atoms with Crippen LogP contribution in [0.25, 0.3) is 0 Å². The molecule has 0 radical (unpaired) electrons. The molecule has 3 heteroatoms. The van der Waals surface area contributed by atoms with Crippen molar-refractivity contribution >= 4 is 9.52 Å². The average molecular weight is 202 g/mol. The smallest absolute Gasteiger partial charge is 0.0681 e. The highest BCUT2D eigenvalue weighted by molar-refractivity contribution is 6.43. The average Bonchev–Trinajstić information content (AvgIpc) is 1.82. The molecule has 2 N–H and O–H groups in total.